The Morgan fingerprint density at radius 2 is 2.12 bits per heavy atom. The highest BCUT2D eigenvalue weighted by Crippen LogP contribution is 2.14. The van der Waals surface area contributed by atoms with Crippen LogP contribution in [0.4, 0.5) is 9.59 Å². The van der Waals surface area contributed by atoms with E-state index in [2.05, 4.69) is 11.9 Å². The van der Waals surface area contributed by atoms with Gasteiger partial charge in [-0.15, -0.1) is 6.58 Å². The maximum atomic E-state index is 11.4. The monoisotopic (exact) mass is 246 g/mol. The van der Waals surface area contributed by atoms with Gasteiger partial charge in [-0.25, -0.2) is 4.79 Å². The Morgan fingerprint density at radius 1 is 1.56 bits per heavy atom. The molecule has 6 heteroatoms. The number of amides is 2. The fourth-order valence-corrected chi connectivity index (χ4v) is 1.53. The highest BCUT2D eigenvalue weighted by atomic mass is 32.2. The number of hydrogen-bond donors (Lipinski definition) is 2. The van der Waals surface area contributed by atoms with Crippen LogP contribution in [0, 0.1) is 0 Å². The summed E-state index contributed by atoms with van der Waals surface area (Å²) in [6.45, 7) is 8.81. The van der Waals surface area contributed by atoms with Crippen LogP contribution < -0.4 is 11.1 Å². The standard InChI is InChI=1S/C10H18N2O3S/c1-5-6-7(16-8(11)13)12-9(14)15-10(2,3)4/h5,7H,1,6H2,2-4H3,(H2,11,13)(H,12,14). The molecule has 16 heavy (non-hydrogen) atoms. The minimum Gasteiger partial charge on any atom is -0.444 e. The molecule has 0 aliphatic carbocycles. The Hall–Kier alpha value is -1.17. The van der Waals surface area contributed by atoms with E-state index in [0.29, 0.717) is 6.42 Å². The molecule has 1 atom stereocenters. The van der Waals surface area contributed by atoms with E-state index in [-0.39, 0.29) is 0 Å². The maximum absolute atomic E-state index is 11.4. The average molecular weight is 246 g/mol. The molecule has 0 aromatic rings. The normalized spacial score (nSPS) is 12.7. The van der Waals surface area contributed by atoms with Gasteiger partial charge in [0, 0.05) is 0 Å². The van der Waals surface area contributed by atoms with Gasteiger partial charge in [-0.3, -0.25) is 4.79 Å². The summed E-state index contributed by atoms with van der Waals surface area (Å²) in [5.41, 5.74) is 4.45. The SMILES string of the molecule is C=CCC(NC(=O)OC(C)(C)C)SC(N)=O. The first-order chi connectivity index (χ1) is 7.24. The minimum atomic E-state index is -0.576. The zero-order valence-electron chi connectivity index (χ0n) is 9.78. The number of thioether (sulfide) groups is 1. The molecule has 0 saturated heterocycles. The third kappa shape index (κ3) is 8.16. The number of alkyl carbamates (subject to hydrolysis) is 1. The topological polar surface area (TPSA) is 81.4 Å². The highest BCUT2D eigenvalue weighted by Gasteiger charge is 2.20. The molecule has 92 valence electrons. The van der Waals surface area contributed by atoms with Crippen molar-refractivity contribution in [1.82, 2.24) is 5.32 Å². The first-order valence-electron chi connectivity index (χ1n) is 4.81. The average Bonchev–Trinajstić information content (AvgIpc) is 1.98. The fourth-order valence-electron chi connectivity index (χ4n) is 0.867. The number of primary amides is 1. The molecular formula is C10H18N2O3S. The molecule has 0 aliphatic heterocycles. The number of nitrogens with two attached hydrogens (primary N) is 1. The smallest absolute Gasteiger partial charge is 0.408 e. The molecule has 0 heterocycles. The predicted molar refractivity (Wildman–Crippen MR) is 65.1 cm³/mol. The second kappa shape index (κ2) is 6.42. The van der Waals surface area contributed by atoms with Crippen molar-refractivity contribution in [2.45, 2.75) is 38.2 Å². The zero-order chi connectivity index (χ0) is 12.8. The summed E-state index contributed by atoms with van der Waals surface area (Å²) in [6, 6.07) is 0. The second-order valence-corrected chi connectivity index (χ2v) is 5.30. The lowest BCUT2D eigenvalue weighted by molar-refractivity contribution is 0.0523. The lowest BCUT2D eigenvalue weighted by Gasteiger charge is -2.22. The summed E-state index contributed by atoms with van der Waals surface area (Å²) >= 11 is 0.834. The summed E-state index contributed by atoms with van der Waals surface area (Å²) in [4.78, 5) is 22.1. The highest BCUT2D eigenvalue weighted by molar-refractivity contribution is 8.14. The predicted octanol–water partition coefficient (Wildman–Crippen LogP) is 2.23. The molecule has 0 rings (SSSR count). The van der Waals surface area contributed by atoms with Crippen LogP contribution in [0.15, 0.2) is 12.7 Å². The van der Waals surface area contributed by atoms with E-state index in [0.717, 1.165) is 11.8 Å². The van der Waals surface area contributed by atoms with E-state index in [1.165, 1.54) is 0 Å². The van der Waals surface area contributed by atoms with Crippen LogP contribution in [0.25, 0.3) is 0 Å². The van der Waals surface area contributed by atoms with E-state index < -0.39 is 22.3 Å². The molecule has 1 unspecified atom stereocenters. The van der Waals surface area contributed by atoms with Crippen molar-refractivity contribution in [3.8, 4) is 0 Å². The van der Waals surface area contributed by atoms with Gasteiger partial charge in [0.25, 0.3) is 5.24 Å². The number of carbonyl (C=O) groups excluding carboxylic acids is 2. The Morgan fingerprint density at radius 3 is 2.50 bits per heavy atom. The van der Waals surface area contributed by atoms with Gasteiger partial charge in [0.05, 0.1) is 5.37 Å². The van der Waals surface area contributed by atoms with Gasteiger partial charge in [-0.2, -0.15) is 0 Å². The Balaban J connectivity index is 4.22. The van der Waals surface area contributed by atoms with Gasteiger partial charge in [0.2, 0.25) is 0 Å². The lowest BCUT2D eigenvalue weighted by atomic mass is 10.2. The maximum Gasteiger partial charge on any atom is 0.408 e. The Bertz CT molecular complexity index is 274. The largest absolute Gasteiger partial charge is 0.444 e. The van der Waals surface area contributed by atoms with Crippen LogP contribution in [0.5, 0.6) is 0 Å². The molecule has 0 saturated carbocycles. The zero-order valence-corrected chi connectivity index (χ0v) is 10.6. The van der Waals surface area contributed by atoms with E-state index >= 15 is 0 Å². The van der Waals surface area contributed by atoms with Gasteiger partial charge in [-0.05, 0) is 39.0 Å². The van der Waals surface area contributed by atoms with Crippen molar-refractivity contribution >= 4 is 23.1 Å². The molecule has 0 aromatic heterocycles. The second-order valence-electron chi connectivity index (χ2n) is 4.10. The third-order valence-corrected chi connectivity index (χ3v) is 2.14. The number of hydrogen-bond acceptors (Lipinski definition) is 4. The molecule has 0 radical (unpaired) electrons. The first-order valence-corrected chi connectivity index (χ1v) is 5.69. The third-order valence-electron chi connectivity index (χ3n) is 1.32. The molecule has 0 spiro atoms. The van der Waals surface area contributed by atoms with Crippen LogP contribution in [0.1, 0.15) is 27.2 Å². The van der Waals surface area contributed by atoms with E-state index in [9.17, 15) is 9.59 Å². The fraction of sp³-hybridized carbons (Fsp3) is 0.600. The van der Waals surface area contributed by atoms with Crippen molar-refractivity contribution in [3.05, 3.63) is 12.7 Å². The summed E-state index contributed by atoms with van der Waals surface area (Å²) in [7, 11) is 0. The van der Waals surface area contributed by atoms with Crippen molar-refractivity contribution in [2.75, 3.05) is 0 Å². The van der Waals surface area contributed by atoms with Crippen molar-refractivity contribution in [2.24, 2.45) is 5.73 Å². The van der Waals surface area contributed by atoms with Crippen LogP contribution in [0.3, 0.4) is 0 Å². The molecule has 0 aromatic carbocycles. The summed E-state index contributed by atoms with van der Waals surface area (Å²) in [6.07, 6.45) is 1.46. The molecule has 0 aliphatic rings. The van der Waals surface area contributed by atoms with Crippen molar-refractivity contribution in [3.63, 3.8) is 0 Å². The van der Waals surface area contributed by atoms with Crippen LogP contribution in [-0.4, -0.2) is 22.3 Å². The van der Waals surface area contributed by atoms with E-state index in [1.807, 2.05) is 0 Å². The van der Waals surface area contributed by atoms with Gasteiger partial charge < -0.3 is 15.8 Å². The number of nitrogens with one attached hydrogen (secondary N) is 1. The van der Waals surface area contributed by atoms with E-state index in [1.54, 1.807) is 26.8 Å². The van der Waals surface area contributed by atoms with Gasteiger partial charge in [0.1, 0.15) is 5.60 Å². The summed E-state index contributed by atoms with van der Waals surface area (Å²) in [5.74, 6) is 0. The van der Waals surface area contributed by atoms with Gasteiger partial charge in [-0.1, -0.05) is 6.08 Å². The van der Waals surface area contributed by atoms with Gasteiger partial charge in [0.15, 0.2) is 0 Å². The number of rotatable bonds is 4. The molecule has 0 fully saturated rings. The van der Waals surface area contributed by atoms with Crippen LogP contribution in [0.2, 0.25) is 0 Å². The number of ether oxygens (including phenoxy) is 1. The molecular weight excluding hydrogens is 228 g/mol. The molecule has 0 bridgehead atoms. The summed E-state index contributed by atoms with van der Waals surface area (Å²) in [5, 5.41) is 1.54. The van der Waals surface area contributed by atoms with Crippen molar-refractivity contribution in [1.29, 1.82) is 0 Å². The quantitative estimate of drug-likeness (QED) is 0.588. The Kier molecular flexibility index (Phi) is 5.95. The number of carbonyl (C=O) groups is 2. The van der Waals surface area contributed by atoms with Gasteiger partial charge >= 0.3 is 6.09 Å². The first kappa shape index (κ1) is 14.8. The summed E-state index contributed by atoms with van der Waals surface area (Å²) < 4.78 is 5.05. The van der Waals surface area contributed by atoms with E-state index in [4.69, 9.17) is 10.5 Å². The molecule has 5 nitrogen and oxygen atoms in total. The van der Waals surface area contributed by atoms with Crippen LogP contribution >= 0.6 is 11.8 Å². The van der Waals surface area contributed by atoms with Crippen molar-refractivity contribution < 1.29 is 14.3 Å². The Labute approximate surface area is 99.8 Å². The molecule has 2 amide bonds. The lowest BCUT2D eigenvalue weighted by Crippen LogP contribution is -2.38. The molecule has 3 N–H and O–H groups in total. The minimum absolute atomic E-state index is 0.437. The van der Waals surface area contributed by atoms with Crippen LogP contribution in [-0.2, 0) is 4.74 Å².